The van der Waals surface area contributed by atoms with E-state index in [1.807, 2.05) is 78.5 Å². The number of allylic oxidation sites excluding steroid dienone is 8. The molecular weight excluding hydrogens is 414 g/mol. The summed E-state index contributed by atoms with van der Waals surface area (Å²) in [6, 6.07) is 0. The zero-order chi connectivity index (χ0) is 25.8. The molecule has 0 aromatic heterocycles. The maximum absolute atomic E-state index is 5.03. The lowest BCUT2D eigenvalue weighted by Gasteiger charge is -2.02. The fourth-order valence-corrected chi connectivity index (χ4v) is 1.90. The summed E-state index contributed by atoms with van der Waals surface area (Å²) in [4.78, 5) is 2.22. The average molecular weight is 468 g/mol. The van der Waals surface area contributed by atoms with E-state index in [9.17, 15) is 0 Å². The summed E-state index contributed by atoms with van der Waals surface area (Å²) in [6.07, 6.45) is 10.1. The van der Waals surface area contributed by atoms with E-state index in [1.165, 1.54) is 16.1 Å². The monoisotopic (exact) mass is 467 g/mol. The van der Waals surface area contributed by atoms with Crippen LogP contribution in [0.2, 0.25) is 0 Å². The van der Waals surface area contributed by atoms with Gasteiger partial charge in [-0.1, -0.05) is 88.0 Å². The van der Waals surface area contributed by atoms with Crippen LogP contribution in [0.4, 0.5) is 0 Å². The highest BCUT2D eigenvalue weighted by Gasteiger charge is 1.93. The van der Waals surface area contributed by atoms with Crippen molar-refractivity contribution in [3.8, 4) is 0 Å². The molecule has 0 amide bonds. The van der Waals surface area contributed by atoms with Crippen molar-refractivity contribution in [1.82, 2.24) is 0 Å². The molecule has 182 valence electrons. The number of thiol groups is 1. The summed E-state index contributed by atoms with van der Waals surface area (Å²) in [5.41, 5.74) is 9.72. The zero-order valence-corrected chi connectivity index (χ0v) is 24.1. The molecule has 0 aliphatic rings. The largest absolute Gasteiger partial charge is 0.330 e. The van der Waals surface area contributed by atoms with Crippen LogP contribution in [-0.4, -0.2) is 12.3 Å². The molecule has 31 heavy (non-hydrogen) atoms. The van der Waals surface area contributed by atoms with Crippen molar-refractivity contribution in [2.75, 3.05) is 12.3 Å². The summed E-state index contributed by atoms with van der Waals surface area (Å²) in [5, 5.41) is 0. The maximum Gasteiger partial charge on any atom is 0.0187 e. The molecule has 0 saturated heterocycles. The molecule has 1 nitrogen and oxygen atoms in total. The summed E-state index contributed by atoms with van der Waals surface area (Å²) < 4.78 is 0. The number of thioether (sulfide) groups is 1. The molecule has 0 rings (SSSR count). The van der Waals surface area contributed by atoms with E-state index >= 15 is 0 Å². The van der Waals surface area contributed by atoms with Crippen molar-refractivity contribution >= 4 is 24.4 Å². The van der Waals surface area contributed by atoms with Crippen LogP contribution in [0, 0.1) is 0 Å². The van der Waals surface area contributed by atoms with Crippen LogP contribution < -0.4 is 5.73 Å². The van der Waals surface area contributed by atoms with Crippen LogP contribution in [-0.2, 0) is 0 Å². The number of hydrogen-bond acceptors (Lipinski definition) is 3. The second-order valence-electron chi connectivity index (χ2n) is 6.91. The number of rotatable bonds is 8. The minimum atomic E-state index is 0.819. The lowest BCUT2D eigenvalue weighted by Crippen LogP contribution is -1.93. The standard InChI is InChI=1S/C11H18S.C8H12S.C4H8.C3H9N.C2H6/c1-6-11(5)12-8-10(4)7-9(2)3;1-4-8(9)6-5-7(2)3;1-4(2)3;1-2-3-4;1-2/h7H,2,5-6,8H2,1,3-4H3;4-6,9H,2H2,1,3H3;1H2,2-3H3;2-4H2,1H3;1-2H3/b10-7+;6-5-,8-4+;;;. The van der Waals surface area contributed by atoms with Crippen LogP contribution in [0.25, 0.3) is 0 Å². The second kappa shape index (κ2) is 33.5. The molecule has 0 saturated carbocycles. The minimum Gasteiger partial charge on any atom is -0.330 e. The van der Waals surface area contributed by atoms with Gasteiger partial charge in [-0.05, 0) is 76.8 Å². The van der Waals surface area contributed by atoms with E-state index in [-0.39, 0.29) is 0 Å². The lowest BCUT2D eigenvalue weighted by atomic mass is 10.2. The van der Waals surface area contributed by atoms with Gasteiger partial charge in [-0.15, -0.1) is 31.0 Å². The lowest BCUT2D eigenvalue weighted by molar-refractivity contribution is 0.932. The Morgan fingerprint density at radius 3 is 1.58 bits per heavy atom. The van der Waals surface area contributed by atoms with Gasteiger partial charge in [0.1, 0.15) is 0 Å². The van der Waals surface area contributed by atoms with Crippen molar-refractivity contribution in [3.63, 3.8) is 0 Å². The van der Waals surface area contributed by atoms with Crippen molar-refractivity contribution in [3.05, 3.63) is 82.7 Å². The molecule has 0 aromatic carbocycles. The van der Waals surface area contributed by atoms with E-state index in [2.05, 4.69) is 65.8 Å². The Morgan fingerprint density at radius 2 is 1.32 bits per heavy atom. The first-order valence-electron chi connectivity index (χ1n) is 11.0. The normalized spacial score (nSPS) is 10.1. The van der Waals surface area contributed by atoms with Gasteiger partial charge in [0.2, 0.25) is 0 Å². The van der Waals surface area contributed by atoms with E-state index < -0.39 is 0 Å². The highest BCUT2D eigenvalue weighted by atomic mass is 32.2. The summed E-state index contributed by atoms with van der Waals surface area (Å²) in [5.74, 6) is 1.04. The molecule has 3 heteroatoms. The van der Waals surface area contributed by atoms with Gasteiger partial charge >= 0.3 is 0 Å². The minimum absolute atomic E-state index is 0.819. The zero-order valence-electron chi connectivity index (χ0n) is 22.4. The summed E-state index contributed by atoms with van der Waals surface area (Å²) in [7, 11) is 0. The molecule has 0 fully saturated rings. The summed E-state index contributed by atoms with van der Waals surface area (Å²) >= 11 is 5.96. The molecule has 0 spiro atoms. The van der Waals surface area contributed by atoms with Crippen LogP contribution >= 0.6 is 24.4 Å². The predicted molar refractivity (Wildman–Crippen MR) is 158 cm³/mol. The Hall–Kier alpha value is -1.16. The highest BCUT2D eigenvalue weighted by molar-refractivity contribution is 8.03. The molecule has 0 aromatic rings. The van der Waals surface area contributed by atoms with Crippen LogP contribution in [0.5, 0.6) is 0 Å². The van der Waals surface area contributed by atoms with Crippen LogP contribution in [0.15, 0.2) is 82.7 Å². The quantitative estimate of drug-likeness (QED) is 0.211. The molecule has 0 unspecified atom stereocenters. The van der Waals surface area contributed by atoms with Gasteiger partial charge in [0.15, 0.2) is 0 Å². The van der Waals surface area contributed by atoms with Crippen molar-refractivity contribution in [2.45, 2.75) is 82.1 Å². The van der Waals surface area contributed by atoms with Crippen molar-refractivity contribution in [2.24, 2.45) is 5.73 Å². The van der Waals surface area contributed by atoms with Crippen LogP contribution in [0.1, 0.15) is 82.1 Å². The van der Waals surface area contributed by atoms with Crippen molar-refractivity contribution in [1.29, 1.82) is 0 Å². The highest BCUT2D eigenvalue weighted by Crippen LogP contribution is 2.19. The predicted octanol–water partition coefficient (Wildman–Crippen LogP) is 10.1. The topological polar surface area (TPSA) is 26.0 Å². The van der Waals surface area contributed by atoms with E-state index in [0.29, 0.717) is 0 Å². The van der Waals surface area contributed by atoms with Gasteiger partial charge in [0, 0.05) is 5.75 Å². The van der Waals surface area contributed by atoms with Gasteiger partial charge in [0.05, 0.1) is 0 Å². The SMILES string of the molecule is C=C(C)/C=C(\C)CSC(=C)CC.C=C(C)/C=C\C(S)=C/C.C=C(C)C.CC.CCCN. The van der Waals surface area contributed by atoms with E-state index in [1.54, 1.807) is 0 Å². The van der Waals surface area contributed by atoms with E-state index in [4.69, 9.17) is 5.73 Å². The second-order valence-corrected chi connectivity index (χ2v) is 8.58. The third-order valence-electron chi connectivity index (χ3n) is 2.51. The Kier molecular flexibility index (Phi) is 43.4. The Labute approximate surface area is 206 Å². The molecule has 0 bridgehead atoms. The smallest absolute Gasteiger partial charge is 0.0187 e. The Balaban J connectivity index is -0.000000104. The maximum atomic E-state index is 5.03. The van der Waals surface area contributed by atoms with Gasteiger partial charge < -0.3 is 5.73 Å². The molecule has 0 aliphatic heterocycles. The fourth-order valence-electron chi connectivity index (χ4n) is 1.10. The third kappa shape index (κ3) is 65.3. The molecular formula is C28H53NS2. The Morgan fingerprint density at radius 1 is 0.903 bits per heavy atom. The fraction of sp³-hybridized carbons (Fsp3) is 0.500. The Bertz CT molecular complexity index is 543. The first kappa shape index (κ1) is 40.2. The average Bonchev–Trinajstić information content (AvgIpc) is 2.71. The molecule has 0 radical (unpaired) electrons. The third-order valence-corrected chi connectivity index (χ3v) is 4.22. The summed E-state index contributed by atoms with van der Waals surface area (Å²) in [6.45, 7) is 36.0. The first-order valence-corrected chi connectivity index (χ1v) is 12.4. The van der Waals surface area contributed by atoms with Gasteiger partial charge in [0.25, 0.3) is 0 Å². The van der Waals surface area contributed by atoms with Crippen molar-refractivity contribution < 1.29 is 0 Å². The molecule has 0 heterocycles. The molecule has 0 aliphatic carbocycles. The first-order chi connectivity index (χ1) is 14.4. The van der Waals surface area contributed by atoms with Gasteiger partial charge in [-0.2, -0.15) is 0 Å². The van der Waals surface area contributed by atoms with Crippen LogP contribution in [0.3, 0.4) is 0 Å². The molecule has 2 N–H and O–H groups in total. The van der Waals surface area contributed by atoms with Gasteiger partial charge in [-0.25, -0.2) is 0 Å². The van der Waals surface area contributed by atoms with Gasteiger partial charge in [-0.3, -0.25) is 0 Å². The van der Waals surface area contributed by atoms with E-state index in [0.717, 1.165) is 41.2 Å². The molecule has 0 atom stereocenters. The number of hydrogen-bond donors (Lipinski definition) is 2. The number of nitrogens with two attached hydrogens (primary N) is 1.